The quantitative estimate of drug-likeness (QED) is 0.819. The van der Waals surface area contributed by atoms with E-state index in [1.54, 1.807) is 12.1 Å². The summed E-state index contributed by atoms with van der Waals surface area (Å²) in [5.41, 5.74) is 1.06. The third-order valence-electron chi connectivity index (χ3n) is 2.49. The van der Waals surface area contributed by atoms with Gasteiger partial charge in [0.05, 0.1) is 0 Å². The van der Waals surface area contributed by atoms with E-state index in [0.29, 0.717) is 6.04 Å². The lowest BCUT2D eigenvalue weighted by atomic mass is 10.1. The van der Waals surface area contributed by atoms with Gasteiger partial charge in [-0.25, -0.2) is 4.39 Å². The van der Waals surface area contributed by atoms with Crippen LogP contribution in [0, 0.1) is 5.82 Å². The van der Waals surface area contributed by atoms with Crippen molar-refractivity contribution in [2.75, 3.05) is 6.54 Å². The smallest absolute Gasteiger partial charge is 0.123 e. The van der Waals surface area contributed by atoms with E-state index in [2.05, 4.69) is 11.4 Å². The summed E-state index contributed by atoms with van der Waals surface area (Å²) in [6.45, 7) is 1.11. The Morgan fingerprint density at radius 2 is 2.00 bits per heavy atom. The van der Waals surface area contributed by atoms with Crippen molar-refractivity contribution < 1.29 is 4.39 Å². The number of halogens is 2. The molecule has 1 saturated heterocycles. The summed E-state index contributed by atoms with van der Waals surface area (Å²) in [4.78, 5) is 0. The minimum Gasteiger partial charge on any atom is -0.311 e. The van der Waals surface area contributed by atoms with Crippen molar-refractivity contribution in [2.45, 2.75) is 18.9 Å². The van der Waals surface area contributed by atoms with Gasteiger partial charge in [-0.3, -0.25) is 0 Å². The van der Waals surface area contributed by atoms with Crippen molar-refractivity contribution in [2.24, 2.45) is 0 Å². The maximum atomic E-state index is 12.6. The molecular weight excluding hydrogens is 213 g/mol. The predicted octanol–water partition coefficient (Wildman–Crippen LogP) is 3.01. The molecule has 2 rings (SSSR count). The lowest BCUT2D eigenvalue weighted by Crippen LogP contribution is -2.17. The highest BCUT2D eigenvalue weighted by molar-refractivity contribution is 5.85. The Bertz CT molecular complexity index is 315. The van der Waals surface area contributed by atoms with Gasteiger partial charge >= 0.3 is 0 Å². The molecule has 82 valence electrons. The predicted molar refractivity (Wildman–Crippen MR) is 63.7 cm³/mol. The first-order chi connectivity index (χ1) is 6.84. The first-order valence-corrected chi connectivity index (χ1v) is 5.02. The van der Waals surface area contributed by atoms with Gasteiger partial charge in [-0.2, -0.15) is 0 Å². The van der Waals surface area contributed by atoms with Gasteiger partial charge in [-0.1, -0.05) is 24.3 Å². The van der Waals surface area contributed by atoms with Crippen LogP contribution in [0.25, 0.3) is 6.08 Å². The molecule has 0 aliphatic carbocycles. The minimum atomic E-state index is -0.179. The van der Waals surface area contributed by atoms with E-state index in [0.717, 1.165) is 12.1 Å². The van der Waals surface area contributed by atoms with Crippen molar-refractivity contribution in [3.8, 4) is 0 Å². The summed E-state index contributed by atoms with van der Waals surface area (Å²) in [5.74, 6) is -0.179. The molecule has 0 radical (unpaired) electrons. The zero-order valence-corrected chi connectivity index (χ0v) is 9.27. The molecule has 1 aliphatic rings. The maximum absolute atomic E-state index is 12.6. The summed E-state index contributed by atoms with van der Waals surface area (Å²) < 4.78 is 12.6. The van der Waals surface area contributed by atoms with Gasteiger partial charge in [0.15, 0.2) is 0 Å². The lowest BCUT2D eigenvalue weighted by Gasteiger charge is -2.01. The number of hydrogen-bond acceptors (Lipinski definition) is 1. The molecule has 0 unspecified atom stereocenters. The molecule has 1 N–H and O–H groups in total. The fraction of sp³-hybridized carbons (Fsp3) is 0.333. The second-order valence-corrected chi connectivity index (χ2v) is 3.61. The topological polar surface area (TPSA) is 12.0 Å². The van der Waals surface area contributed by atoms with Crippen LogP contribution in [0.4, 0.5) is 4.39 Å². The lowest BCUT2D eigenvalue weighted by molar-refractivity contribution is 0.628. The van der Waals surface area contributed by atoms with E-state index in [1.165, 1.54) is 25.0 Å². The van der Waals surface area contributed by atoms with Crippen LogP contribution in [0.3, 0.4) is 0 Å². The van der Waals surface area contributed by atoms with Crippen molar-refractivity contribution in [3.63, 3.8) is 0 Å². The highest BCUT2D eigenvalue weighted by Gasteiger charge is 2.09. The van der Waals surface area contributed by atoms with Crippen LogP contribution in [-0.2, 0) is 0 Å². The van der Waals surface area contributed by atoms with Crippen LogP contribution in [0.5, 0.6) is 0 Å². The fourth-order valence-electron chi connectivity index (χ4n) is 1.68. The average Bonchev–Trinajstić information content (AvgIpc) is 2.70. The average molecular weight is 228 g/mol. The minimum absolute atomic E-state index is 0. The first-order valence-electron chi connectivity index (χ1n) is 5.02. The zero-order valence-electron chi connectivity index (χ0n) is 8.45. The molecule has 0 bridgehead atoms. The van der Waals surface area contributed by atoms with Gasteiger partial charge in [0.2, 0.25) is 0 Å². The molecule has 0 spiro atoms. The second-order valence-electron chi connectivity index (χ2n) is 3.61. The standard InChI is InChI=1S/C12H14FN.ClH/c13-11-6-3-10(4-7-11)5-8-12-2-1-9-14-12;/h3-8,12,14H,1-2,9H2;1H/b8-5+;/t12-;/m1./s1. The molecule has 1 fully saturated rings. The third-order valence-corrected chi connectivity index (χ3v) is 2.49. The molecule has 1 aromatic rings. The van der Waals surface area contributed by atoms with Crippen LogP contribution in [-0.4, -0.2) is 12.6 Å². The van der Waals surface area contributed by atoms with Crippen LogP contribution in [0.2, 0.25) is 0 Å². The Hall–Kier alpha value is -0.860. The SMILES string of the molecule is Cl.Fc1ccc(/C=C/[C@H]2CCCN2)cc1. The summed E-state index contributed by atoms with van der Waals surface area (Å²) >= 11 is 0. The largest absolute Gasteiger partial charge is 0.311 e. The maximum Gasteiger partial charge on any atom is 0.123 e. The fourth-order valence-corrected chi connectivity index (χ4v) is 1.68. The summed E-state index contributed by atoms with van der Waals surface area (Å²) in [5, 5.41) is 3.38. The molecule has 1 nitrogen and oxygen atoms in total. The number of benzene rings is 1. The van der Waals surface area contributed by atoms with E-state index in [9.17, 15) is 4.39 Å². The van der Waals surface area contributed by atoms with E-state index in [-0.39, 0.29) is 18.2 Å². The molecule has 3 heteroatoms. The Morgan fingerprint density at radius 3 is 2.60 bits per heavy atom. The Kier molecular flexibility index (Phi) is 4.79. The van der Waals surface area contributed by atoms with Crippen molar-refractivity contribution in [1.82, 2.24) is 5.32 Å². The van der Waals surface area contributed by atoms with E-state index in [1.807, 2.05) is 6.08 Å². The summed E-state index contributed by atoms with van der Waals surface area (Å²) in [6, 6.07) is 7.06. The van der Waals surface area contributed by atoms with Crippen molar-refractivity contribution in [1.29, 1.82) is 0 Å². The van der Waals surface area contributed by atoms with E-state index < -0.39 is 0 Å². The van der Waals surface area contributed by atoms with Crippen LogP contribution in [0.15, 0.2) is 30.3 Å². The second kappa shape index (κ2) is 5.89. The first kappa shape index (κ1) is 12.2. The van der Waals surface area contributed by atoms with Crippen molar-refractivity contribution in [3.05, 3.63) is 41.7 Å². The van der Waals surface area contributed by atoms with Gasteiger partial charge in [0.25, 0.3) is 0 Å². The third kappa shape index (κ3) is 3.65. The van der Waals surface area contributed by atoms with E-state index >= 15 is 0 Å². The van der Waals surface area contributed by atoms with Gasteiger partial charge in [-0.05, 0) is 37.1 Å². The van der Waals surface area contributed by atoms with Crippen LogP contribution in [0.1, 0.15) is 18.4 Å². The highest BCUT2D eigenvalue weighted by atomic mass is 35.5. The Labute approximate surface area is 95.8 Å². The molecule has 15 heavy (non-hydrogen) atoms. The molecule has 1 aliphatic heterocycles. The normalized spacial score (nSPS) is 20.5. The number of nitrogens with one attached hydrogen (secondary N) is 1. The van der Waals surface area contributed by atoms with Gasteiger partial charge in [0.1, 0.15) is 5.82 Å². The van der Waals surface area contributed by atoms with Gasteiger partial charge in [0, 0.05) is 6.04 Å². The highest BCUT2D eigenvalue weighted by Crippen LogP contribution is 2.09. The molecule has 1 aromatic carbocycles. The summed E-state index contributed by atoms with van der Waals surface area (Å²) in [6.07, 6.45) is 6.65. The Balaban J connectivity index is 0.00000112. The summed E-state index contributed by atoms with van der Waals surface area (Å²) in [7, 11) is 0. The van der Waals surface area contributed by atoms with Crippen LogP contribution < -0.4 is 5.32 Å². The molecule has 0 amide bonds. The van der Waals surface area contributed by atoms with E-state index in [4.69, 9.17) is 0 Å². The monoisotopic (exact) mass is 227 g/mol. The number of rotatable bonds is 2. The molecule has 0 aromatic heterocycles. The Morgan fingerprint density at radius 1 is 1.27 bits per heavy atom. The number of hydrogen-bond donors (Lipinski definition) is 1. The van der Waals surface area contributed by atoms with Crippen LogP contribution >= 0.6 is 12.4 Å². The molecule has 0 saturated carbocycles. The van der Waals surface area contributed by atoms with Gasteiger partial charge in [-0.15, -0.1) is 12.4 Å². The van der Waals surface area contributed by atoms with Gasteiger partial charge < -0.3 is 5.32 Å². The molecule has 1 heterocycles. The molecular formula is C12H15ClFN. The van der Waals surface area contributed by atoms with Crippen molar-refractivity contribution >= 4 is 18.5 Å². The zero-order chi connectivity index (χ0) is 9.80. The molecule has 1 atom stereocenters.